The minimum absolute atomic E-state index is 0.0724. The molecule has 1 rings (SSSR count). The predicted molar refractivity (Wildman–Crippen MR) is 93.9 cm³/mol. The van der Waals surface area contributed by atoms with Crippen molar-refractivity contribution in [3.8, 4) is 11.5 Å². The van der Waals surface area contributed by atoms with Crippen LogP contribution in [0.4, 0.5) is 0 Å². The number of phenolic OH excluding ortho intramolecular Hbond substituents is 2. The minimum atomic E-state index is -1.15. The van der Waals surface area contributed by atoms with E-state index in [4.69, 9.17) is 10.8 Å². The molecular weight excluding hydrogens is 356 g/mol. The number of aliphatic carboxylic acids is 2. The molecule has 0 bridgehead atoms. The molecule has 0 fully saturated rings. The summed E-state index contributed by atoms with van der Waals surface area (Å²) in [6, 6.07) is 1.79. The van der Waals surface area contributed by atoms with Crippen LogP contribution < -0.4 is 5.73 Å². The molecule has 6 N–H and O–H groups in total. The van der Waals surface area contributed by atoms with Crippen LogP contribution in [-0.4, -0.2) is 61.7 Å². The highest BCUT2D eigenvalue weighted by Crippen LogP contribution is 2.26. The molecule has 0 saturated carbocycles. The number of aromatic hydroxyl groups is 2. The molecule has 1 aromatic carbocycles. The van der Waals surface area contributed by atoms with Gasteiger partial charge in [-0.2, -0.15) is 0 Å². The Morgan fingerprint density at radius 1 is 1.17 bits per heavy atom. The van der Waals surface area contributed by atoms with Crippen LogP contribution in [0.15, 0.2) is 23.2 Å². The molecular formula is C14H18N2O6S2. The van der Waals surface area contributed by atoms with Crippen LogP contribution >= 0.6 is 21.6 Å². The number of hydrogen-bond acceptors (Lipinski definition) is 8. The fourth-order valence-electron chi connectivity index (χ4n) is 1.59. The minimum Gasteiger partial charge on any atom is -0.508 e. The van der Waals surface area contributed by atoms with Crippen LogP contribution in [0.3, 0.4) is 0 Å². The Kier molecular flexibility index (Phi) is 7.89. The monoisotopic (exact) mass is 374 g/mol. The van der Waals surface area contributed by atoms with Gasteiger partial charge in [-0.25, -0.2) is 4.79 Å². The molecule has 10 heteroatoms. The zero-order valence-electron chi connectivity index (χ0n) is 12.7. The number of phenols is 2. The summed E-state index contributed by atoms with van der Waals surface area (Å²) in [6.07, 6.45) is 0. The summed E-state index contributed by atoms with van der Waals surface area (Å²) in [5.41, 5.74) is 5.86. The third-order valence-electron chi connectivity index (χ3n) is 2.88. The van der Waals surface area contributed by atoms with Crippen molar-refractivity contribution in [2.45, 2.75) is 19.0 Å². The lowest BCUT2D eigenvalue weighted by atomic mass is 10.1. The van der Waals surface area contributed by atoms with E-state index >= 15 is 0 Å². The van der Waals surface area contributed by atoms with E-state index in [-0.39, 0.29) is 34.3 Å². The van der Waals surface area contributed by atoms with Crippen LogP contribution in [0.2, 0.25) is 0 Å². The summed E-state index contributed by atoms with van der Waals surface area (Å²) >= 11 is 0. The Bertz CT molecular complexity index is 638. The Hall–Kier alpha value is -1.91. The Balaban J connectivity index is 2.73. The van der Waals surface area contributed by atoms with Crippen molar-refractivity contribution in [2.24, 2.45) is 10.7 Å². The maximum absolute atomic E-state index is 11.3. The first-order chi connectivity index (χ1) is 11.2. The highest BCUT2D eigenvalue weighted by atomic mass is 33.1. The van der Waals surface area contributed by atoms with E-state index in [0.29, 0.717) is 0 Å². The molecule has 0 amide bonds. The van der Waals surface area contributed by atoms with Crippen LogP contribution in [0, 0.1) is 0 Å². The summed E-state index contributed by atoms with van der Waals surface area (Å²) in [7, 11) is 2.31. The second-order valence-electron chi connectivity index (χ2n) is 4.78. The molecule has 0 aliphatic rings. The lowest BCUT2D eigenvalue weighted by molar-refractivity contribution is -0.138. The lowest BCUT2D eigenvalue weighted by Gasteiger charge is -2.11. The molecule has 8 nitrogen and oxygen atoms in total. The molecule has 0 heterocycles. The van der Waals surface area contributed by atoms with Gasteiger partial charge in [0.05, 0.1) is 0 Å². The van der Waals surface area contributed by atoms with E-state index in [1.54, 1.807) is 0 Å². The first-order valence-electron chi connectivity index (χ1n) is 6.74. The Morgan fingerprint density at radius 2 is 1.79 bits per heavy atom. The summed E-state index contributed by atoms with van der Waals surface area (Å²) in [5.74, 6) is -2.22. The van der Waals surface area contributed by atoms with Gasteiger partial charge in [0.1, 0.15) is 17.5 Å². The highest BCUT2D eigenvalue weighted by Gasteiger charge is 2.19. The fourth-order valence-corrected chi connectivity index (χ4v) is 3.82. The van der Waals surface area contributed by atoms with E-state index in [1.165, 1.54) is 25.1 Å². The summed E-state index contributed by atoms with van der Waals surface area (Å²) in [6.45, 7) is 1.53. The molecule has 2 unspecified atom stereocenters. The summed E-state index contributed by atoms with van der Waals surface area (Å²) in [5, 5.41) is 37.1. The maximum atomic E-state index is 11.3. The highest BCUT2D eigenvalue weighted by molar-refractivity contribution is 8.76. The van der Waals surface area contributed by atoms with Crippen LogP contribution in [0.25, 0.3) is 0 Å². The second kappa shape index (κ2) is 9.40. The number of hydrogen-bond donors (Lipinski definition) is 5. The predicted octanol–water partition coefficient (Wildman–Crippen LogP) is 1.15. The molecule has 1 aromatic rings. The standard InChI is InChI=1S/C14H18N2O6S2/c1-7(9-4-8(17)2-3-12(9)18)16-11(14(21)22)6-24-23-5-10(15)13(19)20/h2-4,10-11,17-18H,5-6,15H2,1H3,(H,19,20)(H,21,22). The van der Waals surface area contributed by atoms with Gasteiger partial charge in [-0.15, -0.1) is 0 Å². The van der Waals surface area contributed by atoms with E-state index in [9.17, 15) is 24.9 Å². The van der Waals surface area contributed by atoms with Crippen LogP contribution in [0.5, 0.6) is 11.5 Å². The second-order valence-corrected chi connectivity index (χ2v) is 7.34. The lowest BCUT2D eigenvalue weighted by Crippen LogP contribution is -2.32. The Labute approximate surface area is 146 Å². The molecule has 0 aromatic heterocycles. The third kappa shape index (κ3) is 6.30. The van der Waals surface area contributed by atoms with Crippen molar-refractivity contribution in [1.29, 1.82) is 0 Å². The number of rotatable bonds is 9. The van der Waals surface area contributed by atoms with E-state index in [2.05, 4.69) is 4.99 Å². The van der Waals surface area contributed by atoms with E-state index in [0.717, 1.165) is 21.6 Å². The fraction of sp³-hybridized carbons (Fsp3) is 0.357. The van der Waals surface area contributed by atoms with E-state index in [1.807, 2.05) is 0 Å². The smallest absolute Gasteiger partial charge is 0.329 e. The third-order valence-corrected chi connectivity index (χ3v) is 5.31. The zero-order chi connectivity index (χ0) is 18.3. The van der Waals surface area contributed by atoms with Crippen molar-refractivity contribution in [3.05, 3.63) is 23.8 Å². The SMILES string of the molecule is CC(=NC(CSSCC(N)C(=O)O)C(=O)O)c1cc(O)ccc1O. The van der Waals surface area contributed by atoms with Crippen molar-refractivity contribution in [2.75, 3.05) is 11.5 Å². The van der Waals surface area contributed by atoms with Crippen molar-refractivity contribution in [1.82, 2.24) is 0 Å². The number of benzene rings is 1. The largest absolute Gasteiger partial charge is 0.508 e. The van der Waals surface area contributed by atoms with Crippen LogP contribution in [-0.2, 0) is 9.59 Å². The van der Waals surface area contributed by atoms with Crippen molar-refractivity contribution < 1.29 is 30.0 Å². The molecule has 2 atom stereocenters. The number of carboxylic acid groups (broad SMARTS) is 2. The van der Waals surface area contributed by atoms with Gasteiger partial charge in [0.15, 0.2) is 6.04 Å². The van der Waals surface area contributed by atoms with E-state index < -0.39 is 24.0 Å². The van der Waals surface area contributed by atoms with Crippen LogP contribution in [0.1, 0.15) is 12.5 Å². The molecule has 0 aliphatic heterocycles. The average Bonchev–Trinajstić information content (AvgIpc) is 2.51. The van der Waals surface area contributed by atoms with Gasteiger partial charge in [-0.1, -0.05) is 21.6 Å². The molecule has 0 radical (unpaired) electrons. The number of nitrogens with zero attached hydrogens (tertiary/aromatic N) is 1. The maximum Gasteiger partial charge on any atom is 0.329 e. The van der Waals surface area contributed by atoms with Gasteiger partial charge >= 0.3 is 11.9 Å². The zero-order valence-corrected chi connectivity index (χ0v) is 14.4. The van der Waals surface area contributed by atoms with Gasteiger partial charge in [0.25, 0.3) is 0 Å². The van der Waals surface area contributed by atoms with Crippen molar-refractivity contribution >= 4 is 39.2 Å². The molecule has 24 heavy (non-hydrogen) atoms. The molecule has 0 spiro atoms. The van der Waals surface area contributed by atoms with Gasteiger partial charge < -0.3 is 26.2 Å². The molecule has 0 saturated heterocycles. The number of nitrogens with two attached hydrogens (primary N) is 1. The van der Waals surface area contributed by atoms with Gasteiger partial charge in [0.2, 0.25) is 0 Å². The van der Waals surface area contributed by atoms with Gasteiger partial charge in [-0.3, -0.25) is 9.79 Å². The summed E-state index contributed by atoms with van der Waals surface area (Å²) in [4.78, 5) is 25.9. The van der Waals surface area contributed by atoms with Crippen molar-refractivity contribution in [3.63, 3.8) is 0 Å². The van der Waals surface area contributed by atoms with Gasteiger partial charge in [-0.05, 0) is 25.1 Å². The first-order valence-corrected chi connectivity index (χ1v) is 9.23. The number of aliphatic imine (C=N–C) groups is 1. The Morgan fingerprint density at radius 3 is 2.38 bits per heavy atom. The average molecular weight is 374 g/mol. The topological polar surface area (TPSA) is 153 Å². The number of carboxylic acids is 2. The normalized spacial score (nSPS) is 14.2. The first kappa shape index (κ1) is 20.1. The molecule has 0 aliphatic carbocycles. The summed E-state index contributed by atoms with van der Waals surface area (Å²) < 4.78 is 0. The molecule has 132 valence electrons. The van der Waals surface area contributed by atoms with Gasteiger partial charge in [0, 0.05) is 22.8 Å². The number of carbonyl (C=O) groups is 2. The quantitative estimate of drug-likeness (QED) is 0.185.